The molecule has 0 aliphatic heterocycles. The minimum atomic E-state index is -0.683. The molecule has 2 aliphatic rings. The normalized spacial score (nSPS) is 12.1. The molecule has 4 aromatic heterocycles. The topological polar surface area (TPSA) is 149 Å². The standard InChI is InChI=1S/C63H42N4O2.C25H16Br2.C19H14N2O.C13H10N2O.C6H5Br/c1-5-17-45(18-6-1)63(46-19-7-2-8-20-46)55-41-51(66(47-21-9-3-10-22-47)49-33-29-43(30-34-49)61-64-57-25-13-15-27-59(57)68-61)37-39-53(55)54-40-38-52(42-56(54)63)67(48-23-11-4-12-24-48)50-35-31-44(32-36-50)62-65-58-26-14-16-28-60(58)69-62;26-19-11-13-21-22-14-12-20(27)16-24(22)25(23(21)15-19,17-7-3-1-4-8-17)18-9-5-2-6-10-18;1-2-6-15(7-3-1)20-16-12-10-14(11-13-16)19-21-17-8-4-5-9-18(17)22-19;14-10-7-5-9(6-8-10)13-15-11-3-1-2-4-12(11)16-13;7-6-4-2-1-3-5-6/h1-42H;1-16H;1-13,20H;1-8H,14H2;1-5H. The number of hydrogen-bond donors (Lipinski definition) is 2. The van der Waals surface area contributed by atoms with Crippen molar-refractivity contribution < 1.29 is 17.7 Å². The molecule has 0 bridgehead atoms. The highest BCUT2D eigenvalue weighted by Crippen LogP contribution is 2.60. The quantitative estimate of drug-likeness (QED) is 0.0887. The maximum atomic E-state index is 6.18. The number of rotatable bonds is 16. The Hall–Kier alpha value is -17.1. The molecule has 3 N–H and O–H groups in total. The zero-order valence-electron chi connectivity index (χ0n) is 76.0. The molecule has 0 saturated heterocycles. The third-order valence-corrected chi connectivity index (χ3v) is 27.1. The van der Waals surface area contributed by atoms with E-state index in [0.717, 1.165) is 131 Å². The van der Waals surface area contributed by atoms with E-state index in [0.29, 0.717) is 23.6 Å². The summed E-state index contributed by atoms with van der Waals surface area (Å²) in [5, 5.41) is 3.36. The molecule has 20 aromatic carbocycles. The van der Waals surface area contributed by atoms with Crippen LogP contribution in [0.4, 0.5) is 51.2 Å². The SMILES string of the molecule is Brc1ccc2c(c1)C(c1ccccc1)(c1ccccc1)c1cc(Br)ccc1-2.Brc1ccccc1.Nc1ccc(-c2nc3ccccc3o2)cc1.c1ccc(N(c2ccc(-c3nc4ccccc4o3)cc2)c2ccc3c(c2)C(c2ccccc2)(c2ccccc2)c2cc(N(c4ccccc4)c4ccc(-c5nc6ccccc6o5)cc4)ccc2-3)cc1.c1ccc(Nc2ccc(-c3nc4ccccc4o3)cc2)cc1. The second kappa shape index (κ2) is 39.9. The number of nitrogens with zero attached hydrogens (tertiary/aromatic N) is 6. The van der Waals surface area contributed by atoms with Gasteiger partial charge in [-0.15, -0.1) is 0 Å². The number of oxazole rings is 4. The smallest absolute Gasteiger partial charge is 0.227 e. The fraction of sp³-hybridized carbons (Fsp3) is 0.0159. The van der Waals surface area contributed by atoms with Gasteiger partial charge in [0.1, 0.15) is 22.1 Å². The van der Waals surface area contributed by atoms with Crippen molar-refractivity contribution in [2.45, 2.75) is 10.8 Å². The van der Waals surface area contributed by atoms with Crippen LogP contribution in [0.1, 0.15) is 44.5 Å². The number of nitrogens with one attached hydrogen (secondary N) is 1. The van der Waals surface area contributed by atoms with Crippen molar-refractivity contribution in [2.24, 2.45) is 0 Å². The van der Waals surface area contributed by atoms with E-state index in [1.807, 2.05) is 206 Å². The van der Waals surface area contributed by atoms with E-state index < -0.39 is 5.41 Å². The van der Waals surface area contributed by atoms with Crippen molar-refractivity contribution in [3.05, 3.63) is 568 Å². The first-order valence-electron chi connectivity index (χ1n) is 46.5. The molecule has 2 aliphatic carbocycles. The summed E-state index contributed by atoms with van der Waals surface area (Å²) in [7, 11) is 0. The van der Waals surface area contributed by atoms with Crippen LogP contribution < -0.4 is 20.9 Å². The maximum absolute atomic E-state index is 6.18. The average Bonchev–Trinajstić information content (AvgIpc) is 1.54. The van der Waals surface area contributed by atoms with Gasteiger partial charge < -0.3 is 38.5 Å². The Morgan fingerprint density at radius 1 is 0.213 bits per heavy atom. The summed E-state index contributed by atoms with van der Waals surface area (Å²) in [6, 6.07) is 176. The molecule has 4 heterocycles. The summed E-state index contributed by atoms with van der Waals surface area (Å²) >= 11 is 10.7. The number of nitrogens with two attached hydrogens (primary N) is 1. The summed E-state index contributed by atoms with van der Waals surface area (Å²) < 4.78 is 27.1. The molecular formula is C126H87Br3N8O4. The average molecular weight is 2020 g/mol. The number of hydrogen-bond acceptors (Lipinski definition) is 12. The first-order valence-corrected chi connectivity index (χ1v) is 48.8. The number of nitrogen functional groups attached to an aromatic ring is 1. The summed E-state index contributed by atoms with van der Waals surface area (Å²) in [4.78, 5) is 23.2. The fourth-order valence-electron chi connectivity index (χ4n) is 19.1. The van der Waals surface area contributed by atoms with Crippen molar-refractivity contribution in [1.29, 1.82) is 0 Å². The lowest BCUT2D eigenvalue weighted by molar-refractivity contribution is 0.619. The van der Waals surface area contributed by atoms with Gasteiger partial charge in [0.05, 0.1) is 10.8 Å². The predicted molar refractivity (Wildman–Crippen MR) is 585 cm³/mol. The van der Waals surface area contributed by atoms with E-state index >= 15 is 0 Å². The van der Waals surface area contributed by atoms with E-state index in [9.17, 15) is 0 Å². The van der Waals surface area contributed by atoms with Crippen molar-refractivity contribution in [3.63, 3.8) is 0 Å². The Balaban J connectivity index is 0.000000127. The van der Waals surface area contributed by atoms with Crippen LogP contribution in [0.2, 0.25) is 0 Å². The highest BCUT2D eigenvalue weighted by Gasteiger charge is 2.49. The Kier molecular flexibility index (Phi) is 25.2. The van der Waals surface area contributed by atoms with E-state index in [2.05, 4.69) is 376 Å². The summed E-state index contributed by atoms with van der Waals surface area (Å²) in [6.07, 6.45) is 0. The molecule has 15 heteroatoms. The molecule has 0 atom stereocenters. The minimum Gasteiger partial charge on any atom is -0.436 e. The third-order valence-electron chi connectivity index (χ3n) is 25.5. The first kappa shape index (κ1) is 89.2. The van der Waals surface area contributed by atoms with Gasteiger partial charge in [-0.25, -0.2) is 19.9 Å². The lowest BCUT2D eigenvalue weighted by Gasteiger charge is -2.35. The van der Waals surface area contributed by atoms with Gasteiger partial charge in [-0.3, -0.25) is 0 Å². The molecule has 26 rings (SSSR count). The van der Waals surface area contributed by atoms with E-state index in [1.54, 1.807) is 0 Å². The molecule has 0 saturated carbocycles. The van der Waals surface area contributed by atoms with Crippen LogP contribution >= 0.6 is 47.8 Å². The van der Waals surface area contributed by atoms with Gasteiger partial charge in [-0.05, 0) is 309 Å². The molecule has 12 nitrogen and oxygen atoms in total. The summed E-state index contributed by atoms with van der Waals surface area (Å²) in [5.41, 5.74) is 39.0. The van der Waals surface area contributed by atoms with Crippen LogP contribution in [0.15, 0.2) is 541 Å². The number of anilines is 9. The van der Waals surface area contributed by atoms with Gasteiger partial charge in [0.2, 0.25) is 23.6 Å². The number of para-hydroxylation sites is 11. The van der Waals surface area contributed by atoms with Crippen molar-refractivity contribution in [3.8, 4) is 68.1 Å². The molecule has 0 unspecified atom stereocenters. The van der Waals surface area contributed by atoms with Crippen LogP contribution in [-0.4, -0.2) is 19.9 Å². The molecule has 0 fully saturated rings. The lowest BCUT2D eigenvalue weighted by Crippen LogP contribution is -2.29. The number of aromatic nitrogens is 4. The van der Waals surface area contributed by atoms with Gasteiger partial charge in [-0.1, -0.05) is 315 Å². The van der Waals surface area contributed by atoms with Gasteiger partial charge >= 0.3 is 0 Å². The van der Waals surface area contributed by atoms with Crippen LogP contribution in [0.25, 0.3) is 112 Å². The predicted octanol–water partition coefficient (Wildman–Crippen LogP) is 34.9. The van der Waals surface area contributed by atoms with Crippen LogP contribution in [0.5, 0.6) is 0 Å². The van der Waals surface area contributed by atoms with Crippen LogP contribution in [0.3, 0.4) is 0 Å². The second-order valence-corrected chi connectivity index (χ2v) is 36.9. The van der Waals surface area contributed by atoms with Gasteiger partial charge in [0, 0.05) is 86.9 Å². The lowest BCUT2D eigenvalue weighted by atomic mass is 9.67. The van der Waals surface area contributed by atoms with Crippen LogP contribution in [-0.2, 0) is 10.8 Å². The van der Waals surface area contributed by atoms with Gasteiger partial charge in [0.25, 0.3) is 0 Å². The van der Waals surface area contributed by atoms with Crippen LogP contribution in [0, 0.1) is 0 Å². The minimum absolute atomic E-state index is 0.333. The van der Waals surface area contributed by atoms with E-state index in [1.165, 1.54) is 66.8 Å². The zero-order chi connectivity index (χ0) is 95.0. The Bertz CT molecular complexity index is 8000. The Morgan fingerprint density at radius 3 is 0.759 bits per heavy atom. The second-order valence-electron chi connectivity index (χ2n) is 34.2. The third kappa shape index (κ3) is 18.1. The van der Waals surface area contributed by atoms with E-state index in [-0.39, 0.29) is 5.41 Å². The van der Waals surface area contributed by atoms with Gasteiger partial charge in [0.15, 0.2) is 22.3 Å². The molecule has 141 heavy (non-hydrogen) atoms. The fourth-order valence-corrected chi connectivity index (χ4v) is 20.2. The highest BCUT2D eigenvalue weighted by atomic mass is 79.9. The van der Waals surface area contributed by atoms with Crippen molar-refractivity contribution >= 4 is 143 Å². The highest BCUT2D eigenvalue weighted by molar-refractivity contribution is 9.11. The van der Waals surface area contributed by atoms with E-state index in [4.69, 9.17) is 33.4 Å². The number of halogens is 3. The Labute approximate surface area is 841 Å². The number of benzene rings is 20. The summed E-state index contributed by atoms with van der Waals surface area (Å²) in [6.45, 7) is 0. The molecule has 0 amide bonds. The molecular weight excluding hydrogens is 1930 g/mol. The zero-order valence-corrected chi connectivity index (χ0v) is 80.8. The van der Waals surface area contributed by atoms with Crippen molar-refractivity contribution in [1.82, 2.24) is 19.9 Å². The Morgan fingerprint density at radius 2 is 0.454 bits per heavy atom. The number of fused-ring (bicyclic) bond motifs is 10. The molecule has 0 radical (unpaired) electrons. The monoisotopic (exact) mass is 2010 g/mol. The summed E-state index contributed by atoms with van der Waals surface area (Å²) in [5.74, 6) is 2.47. The van der Waals surface area contributed by atoms with Crippen molar-refractivity contribution in [2.75, 3.05) is 20.9 Å². The largest absolute Gasteiger partial charge is 0.436 e. The maximum Gasteiger partial charge on any atom is 0.227 e. The molecule has 0 spiro atoms. The molecule has 24 aromatic rings. The molecule has 676 valence electrons. The van der Waals surface area contributed by atoms with Gasteiger partial charge in [-0.2, -0.15) is 0 Å². The first-order chi connectivity index (χ1) is 69.5.